The lowest BCUT2D eigenvalue weighted by Gasteiger charge is -2.26. The third-order valence-electron chi connectivity index (χ3n) is 3.52. The number of ether oxygens (including phenoxy) is 1. The maximum atomic E-state index is 11.8. The predicted molar refractivity (Wildman–Crippen MR) is 87.8 cm³/mol. The highest BCUT2D eigenvalue weighted by molar-refractivity contribution is 5.91. The maximum Gasteiger partial charge on any atom is 0.306 e. The van der Waals surface area contributed by atoms with Gasteiger partial charge in [0.1, 0.15) is 0 Å². The van der Waals surface area contributed by atoms with Gasteiger partial charge in [-0.3, -0.25) is 14.6 Å². The van der Waals surface area contributed by atoms with Gasteiger partial charge in [-0.15, -0.1) is 12.4 Å². The summed E-state index contributed by atoms with van der Waals surface area (Å²) < 4.78 is 5.15. The monoisotopic (exact) mass is 324 g/mol. The number of hydrogen-bond acceptors (Lipinski definition) is 4. The zero-order valence-electron chi connectivity index (χ0n) is 12.7. The van der Waals surface area contributed by atoms with Crippen molar-refractivity contribution in [1.29, 1.82) is 0 Å². The second-order valence-electron chi connectivity index (χ2n) is 5.61. The Morgan fingerprint density at radius 3 is 2.64 bits per heavy atom. The van der Waals surface area contributed by atoms with Crippen LogP contribution in [0.15, 0.2) is 29.3 Å². The summed E-state index contributed by atoms with van der Waals surface area (Å²) in [5, 5.41) is 0. The largest absolute Gasteiger partial charge is 0.463 e. The molecule has 22 heavy (non-hydrogen) atoms. The number of para-hydroxylation sites is 1. The zero-order chi connectivity index (χ0) is 15.5. The Labute approximate surface area is 136 Å². The fourth-order valence-corrected chi connectivity index (χ4v) is 2.66. The van der Waals surface area contributed by atoms with Crippen molar-refractivity contribution in [2.45, 2.75) is 44.6 Å². The van der Waals surface area contributed by atoms with E-state index in [1.54, 1.807) is 6.21 Å². The molecule has 1 aromatic carbocycles. The summed E-state index contributed by atoms with van der Waals surface area (Å²) in [6, 6.07) is 7.61. The van der Waals surface area contributed by atoms with Crippen molar-refractivity contribution >= 4 is 36.2 Å². The molecule has 5 nitrogen and oxygen atoms in total. The van der Waals surface area contributed by atoms with Crippen LogP contribution in [0, 0.1) is 0 Å². The van der Waals surface area contributed by atoms with Gasteiger partial charge in [0.25, 0.3) is 0 Å². The Morgan fingerprint density at radius 2 is 2.00 bits per heavy atom. The molecule has 1 aliphatic heterocycles. The summed E-state index contributed by atoms with van der Waals surface area (Å²) >= 11 is 0. The number of halogens is 1. The average Bonchev–Trinajstić information content (AvgIpc) is 2.75. The quantitative estimate of drug-likeness (QED) is 0.817. The summed E-state index contributed by atoms with van der Waals surface area (Å²) in [5.74, 6) is -0.679. The molecule has 0 radical (unpaired) electrons. The lowest BCUT2D eigenvalue weighted by molar-refractivity contribution is -0.147. The molecule has 1 atom stereocenters. The molecule has 1 aliphatic rings. The van der Waals surface area contributed by atoms with Crippen LogP contribution in [0.1, 0.15) is 38.7 Å². The van der Waals surface area contributed by atoms with Crippen molar-refractivity contribution < 1.29 is 14.3 Å². The number of benzene rings is 1. The third kappa shape index (κ3) is 4.07. The van der Waals surface area contributed by atoms with E-state index in [0.717, 1.165) is 11.3 Å². The molecule has 1 unspecified atom stereocenters. The van der Waals surface area contributed by atoms with Crippen LogP contribution in [-0.2, 0) is 19.7 Å². The van der Waals surface area contributed by atoms with E-state index in [9.17, 15) is 9.59 Å². The van der Waals surface area contributed by atoms with Crippen LogP contribution in [0.4, 0.5) is 5.69 Å². The van der Waals surface area contributed by atoms with E-state index in [4.69, 9.17) is 10.5 Å². The molecular formula is C16H21ClN2O3. The number of aliphatic imine (C=N–C) groups is 1. The van der Waals surface area contributed by atoms with Crippen LogP contribution in [0.3, 0.4) is 0 Å². The van der Waals surface area contributed by atoms with Crippen LogP contribution < -0.4 is 5.73 Å². The van der Waals surface area contributed by atoms with E-state index in [2.05, 4.69) is 4.99 Å². The van der Waals surface area contributed by atoms with Crippen LogP contribution in [-0.4, -0.2) is 24.2 Å². The number of carbonyl (C=O) groups excluding carboxylic acids is 2. The molecule has 0 aromatic heterocycles. The number of primary amides is 1. The van der Waals surface area contributed by atoms with Gasteiger partial charge in [0.15, 0.2) is 0 Å². The Hall–Kier alpha value is -1.88. The van der Waals surface area contributed by atoms with E-state index >= 15 is 0 Å². The minimum absolute atomic E-state index is 0. The molecule has 6 heteroatoms. The molecule has 2 rings (SSSR count). The van der Waals surface area contributed by atoms with Crippen LogP contribution in [0.5, 0.6) is 0 Å². The SMILES string of the molecule is CC(C)OC(=O)CCC1(CC(N)=O)C=Nc2ccccc21.Cl. The second kappa shape index (κ2) is 7.40. The van der Waals surface area contributed by atoms with Crippen molar-refractivity contribution in [3.8, 4) is 0 Å². The van der Waals surface area contributed by atoms with Gasteiger partial charge < -0.3 is 10.5 Å². The molecule has 0 fully saturated rings. The number of carbonyl (C=O) groups is 2. The van der Waals surface area contributed by atoms with Crippen molar-refractivity contribution in [3.05, 3.63) is 29.8 Å². The Kier molecular flexibility index (Phi) is 6.11. The number of nitrogens with two attached hydrogens (primary N) is 1. The molecule has 1 aromatic rings. The van der Waals surface area contributed by atoms with Gasteiger partial charge in [0, 0.05) is 24.5 Å². The van der Waals surface area contributed by atoms with Gasteiger partial charge in [-0.1, -0.05) is 18.2 Å². The first-order valence-electron chi connectivity index (χ1n) is 7.05. The molecule has 0 saturated heterocycles. The molecule has 0 saturated carbocycles. The van der Waals surface area contributed by atoms with Gasteiger partial charge in [-0.25, -0.2) is 0 Å². The Bertz CT molecular complexity index is 587. The topological polar surface area (TPSA) is 81.8 Å². The summed E-state index contributed by atoms with van der Waals surface area (Å²) in [6.45, 7) is 3.62. The summed E-state index contributed by atoms with van der Waals surface area (Å²) in [6.07, 6.45) is 2.43. The first-order valence-corrected chi connectivity index (χ1v) is 7.05. The Balaban J connectivity index is 0.00000242. The normalized spacial score (nSPS) is 18.7. The minimum atomic E-state index is -0.599. The van der Waals surface area contributed by atoms with E-state index in [-0.39, 0.29) is 37.3 Å². The number of nitrogens with zero attached hydrogens (tertiary/aromatic N) is 1. The average molecular weight is 325 g/mol. The van der Waals surface area contributed by atoms with Gasteiger partial charge >= 0.3 is 5.97 Å². The molecule has 0 bridgehead atoms. The summed E-state index contributed by atoms with van der Waals surface area (Å²) in [5.41, 5.74) is 6.56. The van der Waals surface area contributed by atoms with Crippen LogP contribution >= 0.6 is 12.4 Å². The van der Waals surface area contributed by atoms with Crippen molar-refractivity contribution in [1.82, 2.24) is 0 Å². The highest BCUT2D eigenvalue weighted by Gasteiger charge is 2.38. The predicted octanol–water partition coefficient (Wildman–Crippen LogP) is 2.67. The fraction of sp³-hybridized carbons (Fsp3) is 0.438. The van der Waals surface area contributed by atoms with Crippen molar-refractivity contribution in [2.24, 2.45) is 10.7 Å². The van der Waals surface area contributed by atoms with E-state index in [1.807, 2.05) is 38.1 Å². The van der Waals surface area contributed by atoms with Gasteiger partial charge in [-0.05, 0) is 31.9 Å². The Morgan fingerprint density at radius 1 is 1.32 bits per heavy atom. The van der Waals surface area contributed by atoms with Gasteiger partial charge in [0.05, 0.1) is 11.8 Å². The second-order valence-corrected chi connectivity index (χ2v) is 5.61. The summed E-state index contributed by atoms with van der Waals surface area (Å²) in [4.78, 5) is 27.6. The number of esters is 1. The third-order valence-corrected chi connectivity index (χ3v) is 3.52. The highest BCUT2D eigenvalue weighted by atomic mass is 35.5. The standard InChI is InChI=1S/C16H20N2O3.ClH/c1-11(2)21-15(20)7-8-16(9-14(17)19)10-18-13-6-4-3-5-12(13)16;/h3-6,10-11H,7-9H2,1-2H3,(H2,17,19);1H. The van der Waals surface area contributed by atoms with Gasteiger partial charge in [0.2, 0.25) is 5.91 Å². The van der Waals surface area contributed by atoms with E-state index in [1.165, 1.54) is 0 Å². The molecule has 1 amide bonds. The minimum Gasteiger partial charge on any atom is -0.463 e. The van der Waals surface area contributed by atoms with E-state index < -0.39 is 11.3 Å². The first-order chi connectivity index (χ1) is 9.93. The molecule has 0 aliphatic carbocycles. The highest BCUT2D eigenvalue weighted by Crippen LogP contribution is 2.42. The lowest BCUT2D eigenvalue weighted by Crippen LogP contribution is -2.33. The molecule has 1 heterocycles. The number of hydrogen-bond donors (Lipinski definition) is 1. The molecule has 120 valence electrons. The number of rotatable bonds is 6. The molecular weight excluding hydrogens is 304 g/mol. The van der Waals surface area contributed by atoms with Crippen LogP contribution in [0.2, 0.25) is 0 Å². The number of amides is 1. The van der Waals surface area contributed by atoms with Gasteiger partial charge in [-0.2, -0.15) is 0 Å². The van der Waals surface area contributed by atoms with E-state index in [0.29, 0.717) is 6.42 Å². The van der Waals surface area contributed by atoms with Crippen molar-refractivity contribution in [3.63, 3.8) is 0 Å². The molecule has 0 spiro atoms. The summed E-state index contributed by atoms with van der Waals surface area (Å²) in [7, 11) is 0. The van der Waals surface area contributed by atoms with Crippen LogP contribution in [0.25, 0.3) is 0 Å². The maximum absolute atomic E-state index is 11.8. The van der Waals surface area contributed by atoms with Crippen molar-refractivity contribution in [2.75, 3.05) is 0 Å². The first kappa shape index (κ1) is 18.2. The fourth-order valence-electron chi connectivity index (χ4n) is 2.66. The lowest BCUT2D eigenvalue weighted by atomic mass is 9.75. The zero-order valence-corrected chi connectivity index (χ0v) is 13.6. The number of fused-ring (bicyclic) bond motifs is 1. The smallest absolute Gasteiger partial charge is 0.306 e. The molecule has 2 N–H and O–H groups in total.